The van der Waals surface area contributed by atoms with Crippen LogP contribution in [0, 0.1) is 0 Å². The molecule has 1 aromatic heterocycles. The summed E-state index contributed by atoms with van der Waals surface area (Å²) < 4.78 is 5.98. The Kier molecular flexibility index (Phi) is 2.01. The number of nitrogens with zero attached hydrogens (tertiary/aromatic N) is 1. The molecule has 1 aliphatic carbocycles. The summed E-state index contributed by atoms with van der Waals surface area (Å²) >= 11 is 0. The molecule has 2 aliphatic rings. The van der Waals surface area contributed by atoms with Gasteiger partial charge in [0, 0.05) is 11.9 Å². The largest absolute Gasteiger partial charge is 0.409 e. The molecule has 0 amide bonds. The summed E-state index contributed by atoms with van der Waals surface area (Å²) in [5, 5.41) is 1.58. The van der Waals surface area contributed by atoms with Crippen LogP contribution in [0.4, 0.5) is 0 Å². The van der Waals surface area contributed by atoms with Crippen LogP contribution in [0.15, 0.2) is 6.20 Å². The molecule has 0 N–H and O–H groups in total. The third-order valence-electron chi connectivity index (χ3n) is 3.63. The van der Waals surface area contributed by atoms with Crippen molar-refractivity contribution in [2.75, 3.05) is 0 Å². The van der Waals surface area contributed by atoms with Crippen molar-refractivity contribution in [2.24, 2.45) is 0 Å². The predicted octanol–water partition coefficient (Wildman–Crippen LogP) is 1.90. The normalized spacial score (nSPS) is 22.3. The van der Waals surface area contributed by atoms with E-state index < -0.39 is 8.32 Å². The average Bonchev–Trinajstić information content (AvgIpc) is 2.55. The van der Waals surface area contributed by atoms with Gasteiger partial charge in [-0.05, 0) is 55.1 Å². The number of fused-ring (bicyclic) bond motifs is 3. The van der Waals surface area contributed by atoms with E-state index in [9.17, 15) is 0 Å². The Balaban J connectivity index is 2.22. The van der Waals surface area contributed by atoms with Crippen LogP contribution in [0.3, 0.4) is 0 Å². The maximum atomic E-state index is 5.98. The van der Waals surface area contributed by atoms with Crippen molar-refractivity contribution >= 4 is 13.5 Å². The summed E-state index contributed by atoms with van der Waals surface area (Å²) in [6.45, 7) is 5.43. The molecule has 2 nitrogen and oxygen atoms in total. The van der Waals surface area contributed by atoms with Gasteiger partial charge in [0.05, 0.1) is 6.61 Å². The predicted molar refractivity (Wildman–Crippen MR) is 62.8 cm³/mol. The Labute approximate surface area is 91.8 Å². The first-order chi connectivity index (χ1) is 7.18. The molecule has 80 valence electrons. The van der Waals surface area contributed by atoms with Crippen LogP contribution in [0.1, 0.15) is 29.7 Å². The Morgan fingerprint density at radius 2 is 2.07 bits per heavy atom. The van der Waals surface area contributed by atoms with E-state index in [1.807, 2.05) is 0 Å². The fourth-order valence-electron chi connectivity index (χ4n) is 2.91. The van der Waals surface area contributed by atoms with E-state index >= 15 is 0 Å². The van der Waals surface area contributed by atoms with Gasteiger partial charge in [-0.15, -0.1) is 0 Å². The van der Waals surface area contributed by atoms with Crippen molar-refractivity contribution in [3.8, 4) is 0 Å². The fourth-order valence-corrected chi connectivity index (χ4v) is 5.47. The van der Waals surface area contributed by atoms with Crippen LogP contribution < -0.4 is 5.19 Å². The molecule has 2 heterocycles. The summed E-state index contributed by atoms with van der Waals surface area (Å²) in [4.78, 5) is 4.60. The zero-order chi connectivity index (χ0) is 10.5. The standard InChI is InChI=1S/C12H17NOSi/c1-15(2)12-9(8-14-15)7-13-11-6-4-3-5-10(11)12/h7H,3-6,8H2,1-2H3. The smallest absolute Gasteiger partial charge is 0.219 e. The highest BCUT2D eigenvalue weighted by Crippen LogP contribution is 2.26. The van der Waals surface area contributed by atoms with E-state index in [-0.39, 0.29) is 0 Å². The molecule has 0 saturated heterocycles. The van der Waals surface area contributed by atoms with Gasteiger partial charge in [-0.25, -0.2) is 0 Å². The SMILES string of the molecule is C[Si]1(C)OCc2cnc3c(c21)CCCC3. The second-order valence-corrected chi connectivity index (χ2v) is 8.90. The molecule has 0 spiro atoms. The van der Waals surface area contributed by atoms with E-state index in [1.165, 1.54) is 36.9 Å². The molecular weight excluding hydrogens is 202 g/mol. The third kappa shape index (κ3) is 1.37. The van der Waals surface area contributed by atoms with E-state index in [0.29, 0.717) is 0 Å². The Morgan fingerprint density at radius 1 is 1.27 bits per heavy atom. The summed E-state index contributed by atoms with van der Waals surface area (Å²) in [7, 11) is -1.58. The quantitative estimate of drug-likeness (QED) is 0.622. The van der Waals surface area contributed by atoms with Crippen molar-refractivity contribution < 1.29 is 4.43 Å². The van der Waals surface area contributed by atoms with Crippen molar-refractivity contribution in [3.63, 3.8) is 0 Å². The van der Waals surface area contributed by atoms with Gasteiger partial charge in [-0.1, -0.05) is 0 Å². The lowest BCUT2D eigenvalue weighted by Gasteiger charge is -2.23. The maximum Gasteiger partial charge on any atom is 0.219 e. The van der Waals surface area contributed by atoms with Crippen molar-refractivity contribution in [2.45, 2.75) is 45.4 Å². The van der Waals surface area contributed by atoms with Crippen LogP contribution >= 0.6 is 0 Å². The third-order valence-corrected chi connectivity index (χ3v) is 6.32. The van der Waals surface area contributed by atoms with E-state index in [2.05, 4.69) is 24.3 Å². The highest BCUT2D eigenvalue weighted by Gasteiger charge is 2.37. The number of rotatable bonds is 0. The number of aromatic nitrogens is 1. The number of aryl methyl sites for hydroxylation is 1. The molecule has 1 aromatic rings. The van der Waals surface area contributed by atoms with Gasteiger partial charge in [0.15, 0.2) is 0 Å². The molecule has 3 heteroatoms. The molecule has 15 heavy (non-hydrogen) atoms. The number of pyridine rings is 1. The molecule has 1 aliphatic heterocycles. The van der Waals surface area contributed by atoms with E-state index in [0.717, 1.165) is 6.61 Å². The lowest BCUT2D eigenvalue weighted by molar-refractivity contribution is 0.320. The first-order valence-electron chi connectivity index (χ1n) is 5.82. The van der Waals surface area contributed by atoms with Crippen LogP contribution in [-0.4, -0.2) is 13.3 Å². The number of hydrogen-bond donors (Lipinski definition) is 0. The highest BCUT2D eigenvalue weighted by atomic mass is 28.4. The highest BCUT2D eigenvalue weighted by molar-refractivity contribution is 6.85. The summed E-state index contributed by atoms with van der Waals surface area (Å²) in [5.41, 5.74) is 4.27. The zero-order valence-corrected chi connectivity index (χ0v) is 10.5. The van der Waals surface area contributed by atoms with E-state index in [1.54, 1.807) is 10.8 Å². The van der Waals surface area contributed by atoms with Gasteiger partial charge in [0.1, 0.15) is 0 Å². The van der Waals surface area contributed by atoms with Crippen LogP contribution in [-0.2, 0) is 23.9 Å². The van der Waals surface area contributed by atoms with Crippen LogP contribution in [0.25, 0.3) is 0 Å². The molecule has 0 fully saturated rings. The summed E-state index contributed by atoms with van der Waals surface area (Å²) in [6, 6.07) is 0. The van der Waals surface area contributed by atoms with Gasteiger partial charge in [0.2, 0.25) is 8.32 Å². The lowest BCUT2D eigenvalue weighted by Crippen LogP contribution is -2.43. The van der Waals surface area contributed by atoms with Gasteiger partial charge in [0.25, 0.3) is 0 Å². The Hall–Kier alpha value is -0.673. The van der Waals surface area contributed by atoms with Crippen molar-refractivity contribution in [1.29, 1.82) is 0 Å². The zero-order valence-electron chi connectivity index (χ0n) is 9.47. The van der Waals surface area contributed by atoms with Crippen LogP contribution in [0.2, 0.25) is 13.1 Å². The van der Waals surface area contributed by atoms with Gasteiger partial charge < -0.3 is 4.43 Å². The molecule has 3 rings (SSSR count). The molecule has 0 saturated carbocycles. The minimum Gasteiger partial charge on any atom is -0.409 e. The van der Waals surface area contributed by atoms with Gasteiger partial charge >= 0.3 is 0 Å². The Morgan fingerprint density at radius 3 is 2.93 bits per heavy atom. The first-order valence-corrected chi connectivity index (χ1v) is 8.73. The van der Waals surface area contributed by atoms with Gasteiger partial charge in [-0.2, -0.15) is 0 Å². The average molecular weight is 219 g/mol. The molecule has 0 radical (unpaired) electrons. The second kappa shape index (κ2) is 3.16. The monoisotopic (exact) mass is 219 g/mol. The summed E-state index contributed by atoms with van der Waals surface area (Å²) in [6.07, 6.45) is 7.09. The summed E-state index contributed by atoms with van der Waals surface area (Å²) in [5.74, 6) is 0. The molecule has 0 bridgehead atoms. The van der Waals surface area contributed by atoms with Crippen molar-refractivity contribution in [1.82, 2.24) is 4.98 Å². The number of hydrogen-bond acceptors (Lipinski definition) is 2. The first kappa shape index (κ1) is 9.55. The molecule has 0 aromatic carbocycles. The van der Waals surface area contributed by atoms with Crippen LogP contribution in [0.5, 0.6) is 0 Å². The minimum atomic E-state index is -1.58. The molecule has 0 atom stereocenters. The lowest BCUT2D eigenvalue weighted by atomic mass is 9.95. The fraction of sp³-hybridized carbons (Fsp3) is 0.583. The maximum absolute atomic E-state index is 5.98. The van der Waals surface area contributed by atoms with E-state index in [4.69, 9.17) is 4.43 Å². The topological polar surface area (TPSA) is 22.1 Å². The molecule has 0 unspecified atom stereocenters. The minimum absolute atomic E-state index is 0.800. The van der Waals surface area contributed by atoms with Gasteiger partial charge in [-0.3, -0.25) is 4.98 Å². The van der Waals surface area contributed by atoms with Crippen molar-refractivity contribution in [3.05, 3.63) is 23.0 Å². The molecular formula is C12H17NOSi. The Bertz CT molecular complexity index is 414. The second-order valence-electron chi connectivity index (χ2n) is 5.09.